The second-order valence-electron chi connectivity index (χ2n) is 10.6. The maximum atomic E-state index is 11.3. The van der Waals surface area contributed by atoms with Gasteiger partial charge in [0.2, 0.25) is 0 Å². The molecule has 8 unspecified atom stereocenters. The molecule has 0 heterocycles. The third-order valence-electron chi connectivity index (χ3n) is 9.80. The van der Waals surface area contributed by atoms with Crippen LogP contribution in [-0.4, -0.2) is 46.2 Å². The van der Waals surface area contributed by atoms with E-state index in [1.165, 1.54) is 6.92 Å². The van der Waals surface area contributed by atoms with Gasteiger partial charge in [0.15, 0.2) is 0 Å². The van der Waals surface area contributed by atoms with Gasteiger partial charge in [-0.15, -0.1) is 0 Å². The molecule has 4 aliphatic carbocycles. The highest BCUT2D eigenvalue weighted by atomic mass is 16.5. The number of hydrogen-bond acceptors (Lipinski definition) is 5. The minimum absolute atomic E-state index is 0.0367. The molecule has 0 amide bonds. The molecule has 1 spiro atoms. The minimum atomic E-state index is -0.894. The molecule has 4 rings (SSSR count). The number of aliphatic hydroxyl groups is 3. The molecule has 0 aromatic rings. The fraction of sp³-hybridized carbons (Fsp3) is 0.955. The van der Waals surface area contributed by atoms with E-state index in [4.69, 9.17) is 4.74 Å². The first kappa shape index (κ1) is 19.7. The Hall–Kier alpha value is -0.650. The molecule has 0 aliphatic heterocycles. The van der Waals surface area contributed by atoms with Crippen LogP contribution in [0.5, 0.6) is 0 Å². The fourth-order valence-electron chi connectivity index (χ4n) is 8.14. The van der Waals surface area contributed by atoms with Crippen molar-refractivity contribution in [1.29, 1.82) is 0 Å². The summed E-state index contributed by atoms with van der Waals surface area (Å²) in [6.07, 6.45) is 7.11. The van der Waals surface area contributed by atoms with Gasteiger partial charge < -0.3 is 20.1 Å². The Kier molecular flexibility index (Phi) is 4.49. The first-order valence-electron chi connectivity index (χ1n) is 10.8. The predicted octanol–water partition coefficient (Wildman–Crippen LogP) is 2.66. The molecule has 0 aromatic carbocycles. The Balaban J connectivity index is 1.65. The lowest BCUT2D eigenvalue weighted by molar-refractivity contribution is -0.217. The van der Waals surface area contributed by atoms with Crippen LogP contribution < -0.4 is 0 Å². The van der Waals surface area contributed by atoms with E-state index in [9.17, 15) is 20.1 Å². The third kappa shape index (κ3) is 2.50. The number of hydrogen-bond donors (Lipinski definition) is 3. The van der Waals surface area contributed by atoms with Crippen LogP contribution in [0.25, 0.3) is 0 Å². The van der Waals surface area contributed by atoms with Crippen LogP contribution in [0.2, 0.25) is 0 Å². The molecule has 5 heteroatoms. The second kappa shape index (κ2) is 6.17. The molecule has 4 saturated carbocycles. The molecule has 4 aliphatic rings. The number of fused-ring (bicyclic) bond motifs is 2. The van der Waals surface area contributed by atoms with Crippen molar-refractivity contribution in [3.05, 3.63) is 0 Å². The normalized spacial score (nSPS) is 54.1. The smallest absolute Gasteiger partial charge is 0.302 e. The van der Waals surface area contributed by atoms with Gasteiger partial charge in [0.05, 0.1) is 12.7 Å². The molecule has 8 atom stereocenters. The molecule has 2 bridgehead atoms. The van der Waals surface area contributed by atoms with Crippen molar-refractivity contribution < 1.29 is 24.9 Å². The van der Waals surface area contributed by atoms with Gasteiger partial charge in [0.1, 0.15) is 12.2 Å². The summed E-state index contributed by atoms with van der Waals surface area (Å²) < 4.78 is 5.23. The monoisotopic (exact) mass is 380 g/mol. The first-order valence-corrected chi connectivity index (χ1v) is 10.8. The van der Waals surface area contributed by atoms with Crippen molar-refractivity contribution in [2.24, 2.45) is 34.0 Å². The highest BCUT2D eigenvalue weighted by Crippen LogP contribution is 2.75. The summed E-state index contributed by atoms with van der Waals surface area (Å²) in [5.74, 6) is 0.756. The Labute approximate surface area is 162 Å². The number of rotatable bonds is 3. The summed E-state index contributed by atoms with van der Waals surface area (Å²) in [7, 11) is 0. The quantitative estimate of drug-likeness (QED) is 0.655. The largest absolute Gasteiger partial charge is 0.463 e. The van der Waals surface area contributed by atoms with Crippen molar-refractivity contribution in [3.63, 3.8) is 0 Å². The van der Waals surface area contributed by atoms with Gasteiger partial charge in [0.25, 0.3) is 0 Å². The van der Waals surface area contributed by atoms with E-state index in [1.807, 2.05) is 0 Å². The molecule has 4 fully saturated rings. The second-order valence-corrected chi connectivity index (χ2v) is 10.6. The van der Waals surface area contributed by atoms with E-state index >= 15 is 0 Å². The Morgan fingerprint density at radius 3 is 2.52 bits per heavy atom. The van der Waals surface area contributed by atoms with Crippen molar-refractivity contribution >= 4 is 5.97 Å². The van der Waals surface area contributed by atoms with Crippen LogP contribution in [0.3, 0.4) is 0 Å². The molecule has 3 N–H and O–H groups in total. The van der Waals surface area contributed by atoms with Gasteiger partial charge in [-0.05, 0) is 80.0 Å². The van der Waals surface area contributed by atoms with Crippen LogP contribution in [0.1, 0.15) is 72.1 Å². The number of aliphatic hydroxyl groups excluding tert-OH is 2. The SMILES string of the molecule is CC(=O)OCC1(O)CCC23CC1CC2CCC1C(C)(CO)C(O)CCC13C. The van der Waals surface area contributed by atoms with Crippen molar-refractivity contribution in [2.45, 2.75) is 83.8 Å². The average Bonchev–Trinajstić information content (AvgIpc) is 2.98. The van der Waals surface area contributed by atoms with Crippen LogP contribution in [-0.2, 0) is 9.53 Å². The highest BCUT2D eigenvalue weighted by Gasteiger charge is 2.70. The number of esters is 1. The number of carbonyl (C=O) groups is 1. The zero-order chi connectivity index (χ0) is 19.7. The standard InChI is InChI=1S/C22H36O5/c1-14(24)27-13-22(26)9-8-21-11-16(22)10-15(21)4-5-17-19(2,12-23)18(25)6-7-20(17,21)3/h15-18,23,25-26H,4-13H2,1-3H3. The Morgan fingerprint density at radius 2 is 1.85 bits per heavy atom. The average molecular weight is 381 g/mol. The fourth-order valence-corrected chi connectivity index (χ4v) is 8.14. The Morgan fingerprint density at radius 1 is 1.11 bits per heavy atom. The lowest BCUT2D eigenvalue weighted by atomic mass is 9.39. The number of carbonyl (C=O) groups excluding carboxylic acids is 1. The van der Waals surface area contributed by atoms with Gasteiger partial charge in [-0.2, -0.15) is 0 Å². The topological polar surface area (TPSA) is 87.0 Å². The third-order valence-corrected chi connectivity index (χ3v) is 9.80. The summed E-state index contributed by atoms with van der Waals surface area (Å²) in [5, 5.41) is 32.2. The zero-order valence-electron chi connectivity index (χ0n) is 17.0. The van der Waals surface area contributed by atoms with Gasteiger partial charge in [0, 0.05) is 12.3 Å². The maximum absolute atomic E-state index is 11.3. The summed E-state index contributed by atoms with van der Waals surface area (Å²) in [4.78, 5) is 11.3. The van der Waals surface area contributed by atoms with Gasteiger partial charge in [-0.25, -0.2) is 0 Å². The van der Waals surface area contributed by atoms with Crippen LogP contribution in [0.15, 0.2) is 0 Å². The van der Waals surface area contributed by atoms with E-state index in [2.05, 4.69) is 13.8 Å². The van der Waals surface area contributed by atoms with E-state index in [0.717, 1.165) is 44.9 Å². The van der Waals surface area contributed by atoms with Crippen LogP contribution in [0.4, 0.5) is 0 Å². The lowest BCUT2D eigenvalue weighted by Gasteiger charge is -2.66. The van der Waals surface area contributed by atoms with E-state index < -0.39 is 17.1 Å². The lowest BCUT2D eigenvalue weighted by Crippen LogP contribution is -2.63. The van der Waals surface area contributed by atoms with E-state index in [0.29, 0.717) is 18.3 Å². The molecule has 0 saturated heterocycles. The first-order chi connectivity index (χ1) is 12.6. The highest BCUT2D eigenvalue weighted by molar-refractivity contribution is 5.65. The minimum Gasteiger partial charge on any atom is -0.463 e. The summed E-state index contributed by atoms with van der Waals surface area (Å²) in [6.45, 7) is 6.03. The molecule has 5 nitrogen and oxygen atoms in total. The summed E-state index contributed by atoms with van der Waals surface area (Å²) in [6, 6.07) is 0. The van der Waals surface area contributed by atoms with Gasteiger partial charge in [-0.1, -0.05) is 13.8 Å². The summed E-state index contributed by atoms with van der Waals surface area (Å²) >= 11 is 0. The Bertz CT molecular complexity index is 622. The van der Waals surface area contributed by atoms with Gasteiger partial charge in [-0.3, -0.25) is 4.79 Å². The summed E-state index contributed by atoms with van der Waals surface area (Å²) in [5.41, 5.74) is -1.06. The van der Waals surface area contributed by atoms with Crippen LogP contribution >= 0.6 is 0 Å². The molecule has 27 heavy (non-hydrogen) atoms. The van der Waals surface area contributed by atoms with Gasteiger partial charge >= 0.3 is 5.97 Å². The molecule has 154 valence electrons. The van der Waals surface area contributed by atoms with Crippen molar-refractivity contribution in [1.82, 2.24) is 0 Å². The molecular weight excluding hydrogens is 344 g/mol. The molecule has 0 radical (unpaired) electrons. The van der Waals surface area contributed by atoms with E-state index in [-0.39, 0.29) is 35.9 Å². The van der Waals surface area contributed by atoms with Crippen molar-refractivity contribution in [2.75, 3.05) is 13.2 Å². The van der Waals surface area contributed by atoms with Crippen molar-refractivity contribution in [3.8, 4) is 0 Å². The van der Waals surface area contributed by atoms with Crippen LogP contribution in [0, 0.1) is 34.0 Å². The predicted molar refractivity (Wildman–Crippen MR) is 101 cm³/mol. The molecule has 0 aromatic heterocycles. The van der Waals surface area contributed by atoms with E-state index in [1.54, 1.807) is 0 Å². The zero-order valence-corrected chi connectivity index (χ0v) is 17.0. The number of ether oxygens (including phenoxy) is 1. The molecular formula is C22H36O5. The maximum Gasteiger partial charge on any atom is 0.302 e.